The van der Waals surface area contributed by atoms with Gasteiger partial charge in [0.05, 0.1) is 0 Å². The second-order valence-electron chi connectivity index (χ2n) is 9.43. The Balaban J connectivity index is 1.78. The van der Waals surface area contributed by atoms with Gasteiger partial charge in [-0.15, -0.1) is 0 Å². The molecule has 0 amide bonds. The van der Waals surface area contributed by atoms with Crippen LogP contribution in [-0.4, -0.2) is 29.1 Å². The average molecular weight is 334 g/mol. The molecule has 134 valence electrons. The summed E-state index contributed by atoms with van der Waals surface area (Å²) < 4.78 is 5.16. The molecule has 0 radical (unpaired) electrons. The van der Waals surface area contributed by atoms with Gasteiger partial charge in [-0.1, -0.05) is 27.2 Å². The molecule has 6 atom stereocenters. The molecule has 4 nitrogen and oxygen atoms in total. The predicted molar refractivity (Wildman–Crippen MR) is 89.8 cm³/mol. The van der Waals surface area contributed by atoms with Crippen molar-refractivity contribution < 1.29 is 19.7 Å². The molecule has 4 rings (SSSR count). The molecule has 3 aliphatic carbocycles. The maximum Gasteiger partial charge on any atom is 0.337 e. The van der Waals surface area contributed by atoms with E-state index in [-0.39, 0.29) is 28.8 Å². The minimum absolute atomic E-state index is 0.00130. The number of carbonyl (C=O) groups excluding carboxylic acids is 1. The van der Waals surface area contributed by atoms with Crippen LogP contribution in [0.1, 0.15) is 65.7 Å². The Labute approximate surface area is 144 Å². The van der Waals surface area contributed by atoms with Gasteiger partial charge in [0.1, 0.15) is 0 Å². The topological polar surface area (TPSA) is 66.8 Å². The number of hydrogen-bond acceptors (Lipinski definition) is 4. The van der Waals surface area contributed by atoms with Gasteiger partial charge >= 0.3 is 5.97 Å². The molecule has 0 aromatic carbocycles. The lowest BCUT2D eigenvalue weighted by Gasteiger charge is -2.64. The van der Waals surface area contributed by atoms with E-state index >= 15 is 0 Å². The van der Waals surface area contributed by atoms with Crippen LogP contribution in [0.15, 0.2) is 11.1 Å². The first-order valence-electron chi connectivity index (χ1n) is 9.50. The summed E-state index contributed by atoms with van der Waals surface area (Å²) in [5, 5.41) is 20.2. The van der Waals surface area contributed by atoms with Crippen LogP contribution < -0.4 is 0 Å². The fraction of sp³-hybridized carbons (Fsp3) is 0.850. The lowest BCUT2D eigenvalue weighted by molar-refractivity contribution is -0.156. The predicted octanol–water partition coefficient (Wildman–Crippen LogP) is 3.17. The van der Waals surface area contributed by atoms with Crippen LogP contribution in [0.25, 0.3) is 0 Å². The Kier molecular flexibility index (Phi) is 3.51. The van der Waals surface area contributed by atoms with Crippen LogP contribution >= 0.6 is 0 Å². The second-order valence-corrected chi connectivity index (χ2v) is 9.43. The number of aliphatic hydroxyl groups excluding tert-OH is 2. The molecule has 1 aliphatic heterocycles. The van der Waals surface area contributed by atoms with Crippen LogP contribution in [0.2, 0.25) is 0 Å². The van der Waals surface area contributed by atoms with Crippen LogP contribution in [-0.2, 0) is 9.53 Å². The van der Waals surface area contributed by atoms with Crippen molar-refractivity contribution >= 4 is 5.97 Å². The van der Waals surface area contributed by atoms with Gasteiger partial charge < -0.3 is 14.9 Å². The summed E-state index contributed by atoms with van der Waals surface area (Å²) in [6.45, 7) is 7.12. The summed E-state index contributed by atoms with van der Waals surface area (Å²) >= 11 is 0. The Bertz CT molecular complexity index is 611. The Hall–Kier alpha value is -0.870. The monoisotopic (exact) mass is 334 g/mol. The highest BCUT2D eigenvalue weighted by atomic mass is 16.6. The van der Waals surface area contributed by atoms with Crippen molar-refractivity contribution in [3.8, 4) is 0 Å². The quantitative estimate of drug-likeness (QED) is 0.723. The molecule has 2 saturated carbocycles. The van der Waals surface area contributed by atoms with Gasteiger partial charge in [0.15, 0.2) is 0 Å². The summed E-state index contributed by atoms with van der Waals surface area (Å²) in [4.78, 5) is 12.4. The first kappa shape index (κ1) is 16.6. The molecule has 1 heterocycles. The van der Waals surface area contributed by atoms with Gasteiger partial charge in [-0.25, -0.2) is 4.79 Å². The lowest BCUT2D eigenvalue weighted by Crippen LogP contribution is -2.58. The molecule has 0 saturated heterocycles. The molecular weight excluding hydrogens is 304 g/mol. The molecule has 0 unspecified atom stereocenters. The molecule has 24 heavy (non-hydrogen) atoms. The average Bonchev–Trinajstić information content (AvgIpc) is 2.82. The third-order valence-corrected chi connectivity index (χ3v) is 8.29. The largest absolute Gasteiger partial charge is 0.428 e. The number of aliphatic hydroxyl groups is 2. The van der Waals surface area contributed by atoms with Crippen LogP contribution in [0.3, 0.4) is 0 Å². The lowest BCUT2D eigenvalue weighted by atomic mass is 9.40. The zero-order valence-corrected chi connectivity index (χ0v) is 15.1. The third kappa shape index (κ3) is 1.90. The number of fused-ring (bicyclic) bond motifs is 4. The summed E-state index contributed by atoms with van der Waals surface area (Å²) in [7, 11) is 0. The summed E-state index contributed by atoms with van der Waals surface area (Å²) in [5.74, 6) is 0.630. The van der Waals surface area contributed by atoms with Crippen LogP contribution in [0.5, 0.6) is 0 Å². The fourth-order valence-corrected chi connectivity index (χ4v) is 7.23. The highest BCUT2D eigenvalue weighted by Crippen LogP contribution is 2.68. The number of hydrogen-bond donors (Lipinski definition) is 2. The van der Waals surface area contributed by atoms with E-state index in [2.05, 4.69) is 20.8 Å². The second kappa shape index (κ2) is 5.07. The fourth-order valence-electron chi connectivity index (χ4n) is 7.23. The van der Waals surface area contributed by atoms with Gasteiger partial charge in [0.25, 0.3) is 0 Å². The number of cyclic esters (lactones) is 1. The molecule has 4 aliphatic rings. The van der Waals surface area contributed by atoms with E-state index in [1.165, 1.54) is 6.42 Å². The molecule has 0 spiro atoms. The van der Waals surface area contributed by atoms with Crippen LogP contribution in [0.4, 0.5) is 0 Å². The van der Waals surface area contributed by atoms with Crippen molar-refractivity contribution in [2.75, 3.05) is 6.61 Å². The molecule has 2 fully saturated rings. The molecular formula is C20H30O4. The summed E-state index contributed by atoms with van der Waals surface area (Å²) in [6.07, 6.45) is 6.17. The molecule has 4 heteroatoms. The highest BCUT2D eigenvalue weighted by molar-refractivity contribution is 5.94. The third-order valence-electron chi connectivity index (χ3n) is 8.29. The van der Waals surface area contributed by atoms with Gasteiger partial charge in [0.2, 0.25) is 6.29 Å². The highest BCUT2D eigenvalue weighted by Gasteiger charge is 2.63. The van der Waals surface area contributed by atoms with E-state index < -0.39 is 6.29 Å². The van der Waals surface area contributed by atoms with Gasteiger partial charge in [-0.05, 0) is 61.2 Å². The van der Waals surface area contributed by atoms with E-state index in [4.69, 9.17) is 4.74 Å². The first-order chi connectivity index (χ1) is 11.3. The molecule has 0 aromatic rings. The minimum atomic E-state index is -1.02. The van der Waals surface area contributed by atoms with Crippen molar-refractivity contribution in [1.29, 1.82) is 0 Å². The van der Waals surface area contributed by atoms with E-state index in [1.807, 2.05) is 0 Å². The van der Waals surface area contributed by atoms with E-state index in [9.17, 15) is 15.0 Å². The zero-order valence-electron chi connectivity index (χ0n) is 15.1. The standard InChI is InChI=1S/C20H30O4/c1-18(11-21)8-4-9-19(2)13(18)7-10-20(3)14(19)6-5-12-15(20)17(23)24-16(12)22/h13-14,16,21-22H,4-11H2,1-3H3/t13-,14+,16-,18+,19-,20+/m0/s1. The van der Waals surface area contributed by atoms with E-state index in [0.29, 0.717) is 11.8 Å². The van der Waals surface area contributed by atoms with Crippen molar-refractivity contribution in [1.82, 2.24) is 0 Å². The van der Waals surface area contributed by atoms with E-state index in [0.717, 1.165) is 49.7 Å². The van der Waals surface area contributed by atoms with Crippen molar-refractivity contribution in [3.63, 3.8) is 0 Å². The Morgan fingerprint density at radius 2 is 1.88 bits per heavy atom. The number of esters is 1. The SMILES string of the molecule is C[C@]1(CO)CCC[C@]2(C)[C@H]3CCC4=C(C(=O)O[C@@H]4O)[C@]3(C)CC[C@@H]12. The minimum Gasteiger partial charge on any atom is -0.428 e. The summed E-state index contributed by atoms with van der Waals surface area (Å²) in [6, 6.07) is 0. The normalized spacial score (nSPS) is 50.9. The van der Waals surface area contributed by atoms with Gasteiger partial charge in [-0.2, -0.15) is 0 Å². The summed E-state index contributed by atoms with van der Waals surface area (Å²) in [5.41, 5.74) is 1.57. The van der Waals surface area contributed by atoms with Crippen molar-refractivity contribution in [3.05, 3.63) is 11.1 Å². The smallest absolute Gasteiger partial charge is 0.337 e. The van der Waals surface area contributed by atoms with Gasteiger partial charge in [-0.3, -0.25) is 0 Å². The Morgan fingerprint density at radius 1 is 1.12 bits per heavy atom. The van der Waals surface area contributed by atoms with E-state index in [1.54, 1.807) is 0 Å². The first-order valence-corrected chi connectivity index (χ1v) is 9.50. The molecule has 2 N–H and O–H groups in total. The maximum absolute atomic E-state index is 12.4. The number of carbonyl (C=O) groups is 1. The zero-order chi connectivity index (χ0) is 17.3. The molecule has 0 aromatic heterocycles. The Morgan fingerprint density at radius 3 is 2.58 bits per heavy atom. The van der Waals surface area contributed by atoms with Crippen LogP contribution in [0, 0.1) is 28.1 Å². The number of ether oxygens (including phenoxy) is 1. The number of rotatable bonds is 1. The van der Waals surface area contributed by atoms with Gasteiger partial charge in [0, 0.05) is 23.2 Å². The van der Waals surface area contributed by atoms with Crippen molar-refractivity contribution in [2.45, 2.75) is 72.0 Å². The van der Waals surface area contributed by atoms with Crippen molar-refractivity contribution in [2.24, 2.45) is 28.1 Å². The maximum atomic E-state index is 12.4. The molecule has 0 bridgehead atoms.